The van der Waals surface area contributed by atoms with E-state index in [2.05, 4.69) is 20.1 Å². The Hall–Kier alpha value is -3.22. The first-order chi connectivity index (χ1) is 12.7. The highest BCUT2D eigenvalue weighted by molar-refractivity contribution is 5.90. The van der Waals surface area contributed by atoms with E-state index in [1.165, 1.54) is 0 Å². The summed E-state index contributed by atoms with van der Waals surface area (Å²) in [5.74, 6) is 1.10. The second-order valence-corrected chi connectivity index (χ2v) is 6.25. The Bertz CT molecular complexity index is 884. The lowest BCUT2D eigenvalue weighted by Crippen LogP contribution is -2.49. The number of carbonyl (C=O) groups is 1. The third kappa shape index (κ3) is 3.28. The fourth-order valence-corrected chi connectivity index (χ4v) is 2.94. The van der Waals surface area contributed by atoms with Gasteiger partial charge in [0.15, 0.2) is 0 Å². The van der Waals surface area contributed by atoms with E-state index in [4.69, 9.17) is 4.42 Å². The molecule has 7 heteroatoms. The van der Waals surface area contributed by atoms with Gasteiger partial charge in [0, 0.05) is 37.9 Å². The molecule has 0 aliphatic carbocycles. The van der Waals surface area contributed by atoms with Gasteiger partial charge in [0.05, 0.1) is 0 Å². The second-order valence-electron chi connectivity index (χ2n) is 6.25. The molecule has 1 aliphatic rings. The zero-order valence-electron chi connectivity index (χ0n) is 14.5. The van der Waals surface area contributed by atoms with Gasteiger partial charge in [-0.25, -0.2) is 4.98 Å². The molecule has 0 saturated carbocycles. The number of nitrogens with zero attached hydrogens (tertiary/aromatic N) is 5. The van der Waals surface area contributed by atoms with Crippen molar-refractivity contribution in [3.63, 3.8) is 0 Å². The van der Waals surface area contributed by atoms with Gasteiger partial charge in [-0.15, -0.1) is 10.2 Å². The molecule has 1 aromatic carbocycles. The van der Waals surface area contributed by atoms with Crippen molar-refractivity contribution in [1.29, 1.82) is 0 Å². The minimum absolute atomic E-state index is 0.0341. The average Bonchev–Trinajstić information content (AvgIpc) is 3.19. The van der Waals surface area contributed by atoms with Crippen LogP contribution in [0.1, 0.15) is 16.2 Å². The van der Waals surface area contributed by atoms with E-state index in [0.29, 0.717) is 19.0 Å². The Balaban J connectivity index is 1.42. The summed E-state index contributed by atoms with van der Waals surface area (Å²) in [5.41, 5.74) is 1.96. The molecule has 7 nitrogen and oxygen atoms in total. The minimum atomic E-state index is -0.225. The number of benzene rings is 1. The van der Waals surface area contributed by atoms with Gasteiger partial charge in [-0.1, -0.05) is 23.8 Å². The number of rotatable bonds is 3. The van der Waals surface area contributed by atoms with E-state index in [0.717, 1.165) is 30.0 Å². The molecule has 0 atom stereocenters. The smallest absolute Gasteiger partial charge is 0.311 e. The fraction of sp³-hybridized carbons (Fsp3) is 0.263. The van der Waals surface area contributed by atoms with E-state index < -0.39 is 0 Å². The van der Waals surface area contributed by atoms with Gasteiger partial charge in [0.2, 0.25) is 5.89 Å². The maximum Gasteiger partial charge on any atom is 0.311 e. The van der Waals surface area contributed by atoms with E-state index in [1.807, 2.05) is 49.4 Å². The highest BCUT2D eigenvalue weighted by Gasteiger charge is 2.26. The van der Waals surface area contributed by atoms with Crippen molar-refractivity contribution in [2.24, 2.45) is 0 Å². The van der Waals surface area contributed by atoms with Crippen molar-refractivity contribution in [3.8, 4) is 11.5 Å². The molecule has 3 heterocycles. The van der Waals surface area contributed by atoms with Crippen LogP contribution in [0.15, 0.2) is 53.1 Å². The summed E-state index contributed by atoms with van der Waals surface area (Å²) in [7, 11) is 0. The number of anilines is 1. The summed E-state index contributed by atoms with van der Waals surface area (Å²) in [6.07, 6.45) is 1.78. The Kier molecular flexibility index (Phi) is 4.35. The molecule has 1 aliphatic heterocycles. The third-order valence-corrected chi connectivity index (χ3v) is 4.45. The Labute approximate surface area is 151 Å². The van der Waals surface area contributed by atoms with Crippen molar-refractivity contribution in [2.45, 2.75) is 6.92 Å². The lowest BCUT2D eigenvalue weighted by atomic mass is 10.1. The van der Waals surface area contributed by atoms with Crippen LogP contribution < -0.4 is 4.90 Å². The van der Waals surface area contributed by atoms with Crippen LogP contribution in [0.3, 0.4) is 0 Å². The molecule has 132 valence electrons. The first kappa shape index (κ1) is 16.3. The summed E-state index contributed by atoms with van der Waals surface area (Å²) in [4.78, 5) is 20.9. The quantitative estimate of drug-likeness (QED) is 0.723. The largest absolute Gasteiger partial charge is 0.412 e. The molecule has 0 radical (unpaired) electrons. The van der Waals surface area contributed by atoms with E-state index in [9.17, 15) is 4.79 Å². The first-order valence-electron chi connectivity index (χ1n) is 8.56. The molecule has 1 saturated heterocycles. The number of pyridine rings is 1. The number of carbonyl (C=O) groups excluding carboxylic acids is 1. The molecule has 0 N–H and O–H groups in total. The van der Waals surface area contributed by atoms with E-state index in [1.54, 1.807) is 11.1 Å². The van der Waals surface area contributed by atoms with Crippen LogP contribution in [-0.4, -0.2) is 52.2 Å². The van der Waals surface area contributed by atoms with Crippen LogP contribution in [0.2, 0.25) is 0 Å². The van der Waals surface area contributed by atoms with Crippen molar-refractivity contribution >= 4 is 11.7 Å². The lowest BCUT2D eigenvalue weighted by Gasteiger charge is -2.34. The zero-order chi connectivity index (χ0) is 17.9. The van der Waals surface area contributed by atoms with Gasteiger partial charge in [-0.3, -0.25) is 4.79 Å². The van der Waals surface area contributed by atoms with Crippen LogP contribution in [0.4, 0.5) is 5.82 Å². The van der Waals surface area contributed by atoms with Gasteiger partial charge < -0.3 is 14.2 Å². The number of hydrogen-bond acceptors (Lipinski definition) is 6. The predicted molar refractivity (Wildman–Crippen MR) is 96.8 cm³/mol. The van der Waals surface area contributed by atoms with Crippen molar-refractivity contribution in [1.82, 2.24) is 20.1 Å². The van der Waals surface area contributed by atoms with Crippen LogP contribution in [0.25, 0.3) is 11.5 Å². The van der Waals surface area contributed by atoms with Gasteiger partial charge in [0.1, 0.15) is 5.82 Å². The van der Waals surface area contributed by atoms with Crippen LogP contribution in [0.5, 0.6) is 0 Å². The Morgan fingerprint density at radius 1 is 1.00 bits per heavy atom. The number of amides is 1. The summed E-state index contributed by atoms with van der Waals surface area (Å²) in [5, 5.41) is 7.94. The average molecular weight is 349 g/mol. The van der Waals surface area contributed by atoms with Crippen LogP contribution >= 0.6 is 0 Å². The second kappa shape index (κ2) is 6.95. The van der Waals surface area contributed by atoms with Gasteiger partial charge in [-0.2, -0.15) is 0 Å². The van der Waals surface area contributed by atoms with Crippen molar-refractivity contribution in [2.75, 3.05) is 31.1 Å². The maximum atomic E-state index is 12.6. The molecule has 0 unspecified atom stereocenters. The third-order valence-electron chi connectivity index (χ3n) is 4.45. The number of hydrogen-bond donors (Lipinski definition) is 0. The number of aryl methyl sites for hydroxylation is 1. The normalized spacial score (nSPS) is 14.5. The minimum Gasteiger partial charge on any atom is -0.412 e. The summed E-state index contributed by atoms with van der Waals surface area (Å²) >= 11 is 0. The standard InChI is InChI=1S/C19H19N5O2/c1-14-5-7-15(8-6-14)17-21-22-18(26-17)19(25)24-12-10-23(11-13-24)16-4-2-3-9-20-16/h2-9H,10-13H2,1H3. The molecular formula is C19H19N5O2. The monoisotopic (exact) mass is 349 g/mol. The van der Waals surface area contributed by atoms with Gasteiger partial charge in [0.25, 0.3) is 0 Å². The molecule has 1 fully saturated rings. The predicted octanol–water partition coefficient (Wildman–Crippen LogP) is 2.40. The molecular weight excluding hydrogens is 330 g/mol. The fourth-order valence-electron chi connectivity index (χ4n) is 2.94. The lowest BCUT2D eigenvalue weighted by molar-refractivity contribution is 0.0707. The first-order valence-corrected chi connectivity index (χ1v) is 8.56. The highest BCUT2D eigenvalue weighted by atomic mass is 16.4. The molecule has 0 bridgehead atoms. The molecule has 0 spiro atoms. The molecule has 4 rings (SSSR count). The zero-order valence-corrected chi connectivity index (χ0v) is 14.5. The highest BCUT2D eigenvalue weighted by Crippen LogP contribution is 2.20. The summed E-state index contributed by atoms with van der Waals surface area (Å²) < 4.78 is 5.60. The van der Waals surface area contributed by atoms with E-state index in [-0.39, 0.29) is 11.8 Å². The van der Waals surface area contributed by atoms with Gasteiger partial charge in [-0.05, 0) is 31.2 Å². The van der Waals surface area contributed by atoms with Crippen LogP contribution in [0, 0.1) is 6.92 Å². The van der Waals surface area contributed by atoms with Crippen molar-refractivity contribution in [3.05, 3.63) is 60.1 Å². The number of aromatic nitrogens is 3. The topological polar surface area (TPSA) is 75.4 Å². The SMILES string of the molecule is Cc1ccc(-c2nnc(C(=O)N3CCN(c4ccccn4)CC3)o2)cc1. The Morgan fingerprint density at radius 2 is 1.77 bits per heavy atom. The van der Waals surface area contributed by atoms with Crippen molar-refractivity contribution < 1.29 is 9.21 Å². The van der Waals surface area contributed by atoms with E-state index >= 15 is 0 Å². The molecule has 1 amide bonds. The molecule has 2 aromatic heterocycles. The number of piperazine rings is 1. The molecule has 3 aromatic rings. The van der Waals surface area contributed by atoms with Gasteiger partial charge >= 0.3 is 11.8 Å². The van der Waals surface area contributed by atoms with Crippen LogP contribution in [-0.2, 0) is 0 Å². The Morgan fingerprint density at radius 3 is 2.46 bits per heavy atom. The molecule has 26 heavy (non-hydrogen) atoms. The summed E-state index contributed by atoms with van der Waals surface area (Å²) in [6.45, 7) is 4.65. The maximum absolute atomic E-state index is 12.6. The summed E-state index contributed by atoms with van der Waals surface area (Å²) in [6, 6.07) is 13.6.